The van der Waals surface area contributed by atoms with Gasteiger partial charge in [0.25, 0.3) is 5.91 Å². The first-order valence-corrected chi connectivity index (χ1v) is 10.0. The summed E-state index contributed by atoms with van der Waals surface area (Å²) in [6.45, 7) is 5.80. The lowest BCUT2D eigenvalue weighted by Crippen LogP contribution is -3.13. The zero-order chi connectivity index (χ0) is 20.1. The zero-order valence-electron chi connectivity index (χ0n) is 16.0. The molecule has 0 unspecified atom stereocenters. The molecule has 4 N–H and O–H groups in total. The molecule has 2 aromatic rings. The number of esters is 1. The van der Waals surface area contributed by atoms with Crippen LogP contribution in [-0.2, 0) is 11.3 Å². The standard InChI is InChI=1S/C18H24N6O3S/c1-3-27-17(26)13-12(14(16(25)20-2)28-15(13)19)11-23-7-9-24(10-8-23)18-21-5-4-6-22-18/h4-6H,3,7-11,19H2,1-2H3,(H,20,25)/p+1. The Morgan fingerprint density at radius 1 is 1.32 bits per heavy atom. The minimum absolute atomic E-state index is 0.238. The van der Waals surface area contributed by atoms with Gasteiger partial charge < -0.3 is 25.6 Å². The summed E-state index contributed by atoms with van der Waals surface area (Å²) in [5.74, 6) is 0.00897. The van der Waals surface area contributed by atoms with Crippen LogP contribution in [-0.4, -0.2) is 61.7 Å². The Kier molecular flexibility index (Phi) is 6.42. The molecule has 0 aromatic carbocycles. The molecular formula is C18H25N6O3S+. The van der Waals surface area contributed by atoms with Gasteiger partial charge in [0, 0.05) is 25.0 Å². The summed E-state index contributed by atoms with van der Waals surface area (Å²) in [6, 6.07) is 1.79. The number of thiophene rings is 1. The summed E-state index contributed by atoms with van der Waals surface area (Å²) < 4.78 is 5.16. The van der Waals surface area contributed by atoms with Gasteiger partial charge in [-0.3, -0.25) is 4.79 Å². The normalized spacial score (nSPS) is 14.7. The average Bonchev–Trinajstić information content (AvgIpc) is 3.04. The maximum atomic E-state index is 12.4. The van der Waals surface area contributed by atoms with Crippen molar-refractivity contribution in [3.63, 3.8) is 0 Å². The lowest BCUT2D eigenvalue weighted by atomic mass is 10.1. The van der Waals surface area contributed by atoms with Crippen LogP contribution in [0.1, 0.15) is 32.5 Å². The minimum atomic E-state index is -0.475. The van der Waals surface area contributed by atoms with Gasteiger partial charge in [0.2, 0.25) is 5.95 Å². The van der Waals surface area contributed by atoms with Crippen LogP contribution < -0.4 is 20.9 Å². The number of piperazine rings is 1. The van der Waals surface area contributed by atoms with Gasteiger partial charge in [-0.15, -0.1) is 11.3 Å². The van der Waals surface area contributed by atoms with E-state index in [1.807, 2.05) is 0 Å². The quantitative estimate of drug-likeness (QED) is 0.558. The Morgan fingerprint density at radius 3 is 2.61 bits per heavy atom. The molecule has 1 aliphatic rings. The molecule has 28 heavy (non-hydrogen) atoms. The van der Waals surface area contributed by atoms with Crippen molar-refractivity contribution in [2.45, 2.75) is 13.5 Å². The summed E-state index contributed by atoms with van der Waals surface area (Å²) in [7, 11) is 1.57. The van der Waals surface area contributed by atoms with Crippen LogP contribution in [0.15, 0.2) is 18.5 Å². The number of aromatic nitrogens is 2. The monoisotopic (exact) mass is 405 g/mol. The molecule has 1 fully saturated rings. The number of quaternary nitrogens is 1. The summed E-state index contributed by atoms with van der Waals surface area (Å²) in [5.41, 5.74) is 7.06. The number of hydrogen-bond acceptors (Lipinski definition) is 8. The highest BCUT2D eigenvalue weighted by Gasteiger charge is 2.31. The maximum Gasteiger partial charge on any atom is 0.341 e. The summed E-state index contributed by atoms with van der Waals surface area (Å²) in [6.07, 6.45) is 3.47. The van der Waals surface area contributed by atoms with E-state index in [0.29, 0.717) is 27.5 Å². The first-order valence-electron chi connectivity index (χ1n) is 9.21. The number of nitrogens with one attached hydrogen (secondary N) is 2. The van der Waals surface area contributed by atoms with E-state index < -0.39 is 5.97 Å². The fourth-order valence-corrected chi connectivity index (χ4v) is 4.30. The van der Waals surface area contributed by atoms with Gasteiger partial charge in [0.1, 0.15) is 22.0 Å². The largest absolute Gasteiger partial charge is 0.462 e. The van der Waals surface area contributed by atoms with Crippen molar-refractivity contribution < 1.29 is 19.2 Å². The van der Waals surface area contributed by atoms with Gasteiger partial charge in [-0.2, -0.15) is 0 Å². The number of hydrogen-bond donors (Lipinski definition) is 3. The molecule has 9 nitrogen and oxygen atoms in total. The van der Waals surface area contributed by atoms with Crippen LogP contribution in [0.5, 0.6) is 0 Å². The van der Waals surface area contributed by atoms with E-state index in [2.05, 4.69) is 20.2 Å². The molecule has 0 aliphatic carbocycles. The van der Waals surface area contributed by atoms with Crippen molar-refractivity contribution in [2.24, 2.45) is 0 Å². The van der Waals surface area contributed by atoms with E-state index in [9.17, 15) is 9.59 Å². The molecule has 3 rings (SSSR count). The zero-order valence-corrected chi connectivity index (χ0v) is 16.8. The van der Waals surface area contributed by atoms with Gasteiger partial charge in [-0.05, 0) is 13.0 Å². The van der Waals surface area contributed by atoms with Crippen LogP contribution in [0.4, 0.5) is 10.9 Å². The molecule has 0 spiro atoms. The molecular weight excluding hydrogens is 380 g/mol. The second-order valence-electron chi connectivity index (χ2n) is 6.41. The van der Waals surface area contributed by atoms with Gasteiger partial charge in [0.05, 0.1) is 32.8 Å². The van der Waals surface area contributed by atoms with Crippen molar-refractivity contribution >= 4 is 34.2 Å². The first-order chi connectivity index (χ1) is 13.5. The Labute approximate surface area is 167 Å². The highest BCUT2D eigenvalue weighted by atomic mass is 32.1. The van der Waals surface area contributed by atoms with Crippen molar-refractivity contribution in [3.05, 3.63) is 34.5 Å². The molecule has 0 radical (unpaired) electrons. The average molecular weight is 406 g/mol. The smallest absolute Gasteiger partial charge is 0.341 e. The van der Waals surface area contributed by atoms with Crippen LogP contribution in [0.3, 0.4) is 0 Å². The SMILES string of the molecule is CCOC(=O)c1c(N)sc(C(=O)NC)c1C[NH+]1CCN(c2ncccn2)CC1. The second kappa shape index (κ2) is 8.98. The Balaban J connectivity index is 1.78. The summed E-state index contributed by atoms with van der Waals surface area (Å²) in [5, 5.41) is 2.95. The van der Waals surface area contributed by atoms with Crippen molar-refractivity contribution in [3.8, 4) is 0 Å². The minimum Gasteiger partial charge on any atom is -0.462 e. The van der Waals surface area contributed by atoms with Crippen LogP contribution >= 0.6 is 11.3 Å². The molecule has 1 amide bonds. The summed E-state index contributed by atoms with van der Waals surface area (Å²) in [4.78, 5) is 37.2. The van der Waals surface area contributed by atoms with Crippen LogP contribution in [0.25, 0.3) is 0 Å². The fourth-order valence-electron chi connectivity index (χ4n) is 3.28. The van der Waals surface area contributed by atoms with Gasteiger partial charge >= 0.3 is 5.97 Å². The third kappa shape index (κ3) is 4.23. The third-order valence-corrected chi connectivity index (χ3v) is 5.74. The number of ether oxygens (including phenoxy) is 1. The molecule has 3 heterocycles. The van der Waals surface area contributed by atoms with Gasteiger partial charge in [0.15, 0.2) is 0 Å². The lowest BCUT2D eigenvalue weighted by molar-refractivity contribution is -0.914. The van der Waals surface area contributed by atoms with Crippen LogP contribution in [0, 0.1) is 0 Å². The Bertz CT molecular complexity index is 833. The number of nitrogens with zero attached hydrogens (tertiary/aromatic N) is 3. The predicted molar refractivity (Wildman–Crippen MR) is 107 cm³/mol. The number of nitrogen functional groups attached to an aromatic ring is 1. The first kappa shape index (κ1) is 20.0. The predicted octanol–water partition coefficient (Wildman–Crippen LogP) is -0.438. The molecule has 1 aliphatic heterocycles. The summed E-state index contributed by atoms with van der Waals surface area (Å²) >= 11 is 1.14. The third-order valence-electron chi connectivity index (χ3n) is 4.68. The molecule has 0 bridgehead atoms. The molecule has 0 atom stereocenters. The van der Waals surface area contributed by atoms with E-state index in [4.69, 9.17) is 10.5 Å². The Morgan fingerprint density at radius 2 is 2.00 bits per heavy atom. The number of carbonyl (C=O) groups is 2. The van der Waals surface area contributed by atoms with E-state index in [1.54, 1.807) is 32.4 Å². The van der Waals surface area contributed by atoms with E-state index in [1.165, 1.54) is 4.90 Å². The molecule has 0 saturated carbocycles. The topological polar surface area (TPSA) is 115 Å². The van der Waals surface area contributed by atoms with E-state index in [0.717, 1.165) is 43.5 Å². The number of nitrogens with two attached hydrogens (primary N) is 1. The van der Waals surface area contributed by atoms with E-state index >= 15 is 0 Å². The highest BCUT2D eigenvalue weighted by molar-refractivity contribution is 7.18. The number of carbonyl (C=O) groups excluding carboxylic acids is 2. The molecule has 150 valence electrons. The van der Waals surface area contributed by atoms with E-state index in [-0.39, 0.29) is 12.5 Å². The van der Waals surface area contributed by atoms with Crippen molar-refractivity contribution in [1.82, 2.24) is 15.3 Å². The second-order valence-corrected chi connectivity index (χ2v) is 7.46. The number of amides is 1. The lowest BCUT2D eigenvalue weighted by Gasteiger charge is -2.32. The maximum absolute atomic E-state index is 12.4. The fraction of sp³-hybridized carbons (Fsp3) is 0.444. The van der Waals surface area contributed by atoms with Gasteiger partial charge in [-0.25, -0.2) is 14.8 Å². The number of rotatable bonds is 6. The number of anilines is 2. The van der Waals surface area contributed by atoms with Gasteiger partial charge in [-0.1, -0.05) is 0 Å². The van der Waals surface area contributed by atoms with Crippen molar-refractivity contribution in [1.29, 1.82) is 0 Å². The van der Waals surface area contributed by atoms with Crippen LogP contribution in [0.2, 0.25) is 0 Å². The highest BCUT2D eigenvalue weighted by Crippen LogP contribution is 2.31. The molecule has 2 aromatic heterocycles. The molecule has 1 saturated heterocycles. The van der Waals surface area contributed by atoms with Crippen molar-refractivity contribution in [2.75, 3.05) is 50.5 Å². The Hall–Kier alpha value is -2.72. The molecule has 10 heteroatoms.